The first kappa shape index (κ1) is 25.8. The summed E-state index contributed by atoms with van der Waals surface area (Å²) >= 11 is 0. The van der Waals surface area contributed by atoms with Crippen LogP contribution in [0.25, 0.3) is 0 Å². The van der Waals surface area contributed by atoms with E-state index in [4.69, 9.17) is 4.74 Å². The smallest absolute Gasteiger partial charge is 0.302 e. The Morgan fingerprint density at radius 3 is 2.14 bits per heavy atom. The Morgan fingerprint density at radius 1 is 0.829 bits per heavy atom. The molecule has 0 N–H and O–H groups in total. The van der Waals surface area contributed by atoms with E-state index in [2.05, 4.69) is 68.4 Å². The second-order valence-corrected chi connectivity index (χ2v) is 16.4. The summed E-state index contributed by atoms with van der Waals surface area (Å²) in [6.07, 6.45) is 15.8. The molecule has 0 heterocycles. The summed E-state index contributed by atoms with van der Waals surface area (Å²) in [6.45, 7) is 24.9. The van der Waals surface area contributed by atoms with Gasteiger partial charge in [0, 0.05) is 12.3 Å². The van der Waals surface area contributed by atoms with Gasteiger partial charge in [-0.15, -0.1) is 0 Å². The van der Waals surface area contributed by atoms with Crippen molar-refractivity contribution in [2.24, 2.45) is 49.7 Å². The average Bonchev–Trinajstić information content (AvgIpc) is 2.74. The molecule has 2 nitrogen and oxygen atoms in total. The Bertz CT molecular complexity index is 943. The van der Waals surface area contributed by atoms with Gasteiger partial charge in [-0.3, -0.25) is 4.79 Å². The Kier molecular flexibility index (Phi) is 5.47. The molecule has 5 aliphatic carbocycles. The van der Waals surface area contributed by atoms with Crippen LogP contribution in [0.2, 0.25) is 0 Å². The van der Waals surface area contributed by atoms with Crippen LogP contribution >= 0.6 is 0 Å². The second kappa shape index (κ2) is 7.41. The van der Waals surface area contributed by atoms with E-state index in [0.717, 1.165) is 12.3 Å². The lowest BCUT2D eigenvalue weighted by atomic mass is 9.27. The molecule has 35 heavy (non-hydrogen) atoms. The zero-order valence-electron chi connectivity index (χ0n) is 24.7. The second-order valence-electron chi connectivity index (χ2n) is 16.4. The summed E-state index contributed by atoms with van der Waals surface area (Å²) in [7, 11) is 0. The van der Waals surface area contributed by atoms with Gasteiger partial charge in [0.25, 0.3) is 0 Å². The maximum atomic E-state index is 11.9. The summed E-state index contributed by atoms with van der Waals surface area (Å²) in [5.74, 6) is 1.25. The van der Waals surface area contributed by atoms with E-state index in [-0.39, 0.29) is 17.5 Å². The minimum absolute atomic E-state index is 0.0193. The first-order valence-electron chi connectivity index (χ1n) is 14.8. The molecule has 0 aromatic heterocycles. The third-order valence-electron chi connectivity index (χ3n) is 14.2. The van der Waals surface area contributed by atoms with E-state index in [9.17, 15) is 4.79 Å². The summed E-state index contributed by atoms with van der Waals surface area (Å²) < 4.78 is 5.87. The van der Waals surface area contributed by atoms with Crippen LogP contribution in [0.3, 0.4) is 0 Å². The van der Waals surface area contributed by atoms with Gasteiger partial charge in [0.05, 0.1) is 0 Å². The minimum atomic E-state index is -0.128. The molecule has 198 valence electrons. The molecule has 5 rings (SSSR count). The van der Waals surface area contributed by atoms with Crippen molar-refractivity contribution >= 4 is 5.97 Å². The largest absolute Gasteiger partial charge is 0.462 e. The third kappa shape index (κ3) is 3.16. The summed E-state index contributed by atoms with van der Waals surface area (Å²) in [6, 6.07) is 0. The normalized spacial score (nSPS) is 52.2. The van der Waals surface area contributed by atoms with Crippen molar-refractivity contribution in [2.75, 3.05) is 0 Å². The van der Waals surface area contributed by atoms with Crippen LogP contribution in [-0.2, 0) is 9.53 Å². The number of carbonyl (C=O) groups excluding carboxylic acids is 1. The Labute approximate surface area is 216 Å². The Hall–Kier alpha value is -0.790. The van der Waals surface area contributed by atoms with E-state index in [1.807, 2.05) is 0 Å². The number of hydrogen-bond acceptors (Lipinski definition) is 2. The zero-order chi connectivity index (χ0) is 25.9. The van der Waals surface area contributed by atoms with Crippen molar-refractivity contribution in [2.45, 2.75) is 140 Å². The first-order valence-corrected chi connectivity index (χ1v) is 14.8. The number of hydrogen-bond donors (Lipinski definition) is 0. The highest BCUT2D eigenvalue weighted by Crippen LogP contribution is 2.81. The monoisotopic (exact) mass is 482 g/mol. The van der Waals surface area contributed by atoms with Gasteiger partial charge in [0.1, 0.15) is 6.10 Å². The van der Waals surface area contributed by atoms with Crippen LogP contribution < -0.4 is 0 Å². The molecule has 4 fully saturated rings. The molecule has 2 heteroatoms. The minimum Gasteiger partial charge on any atom is -0.462 e. The highest BCUT2D eigenvalue weighted by molar-refractivity contribution is 5.66. The lowest BCUT2D eigenvalue weighted by Gasteiger charge is -2.77. The number of ether oxygens (including phenoxy) is 1. The molecular weight excluding hydrogens is 428 g/mol. The predicted molar refractivity (Wildman–Crippen MR) is 145 cm³/mol. The number of rotatable bonds is 1. The lowest BCUT2D eigenvalue weighted by molar-refractivity contribution is -0.274. The summed E-state index contributed by atoms with van der Waals surface area (Å²) in [4.78, 5) is 11.9. The van der Waals surface area contributed by atoms with Gasteiger partial charge in [-0.05, 0) is 109 Å². The van der Waals surface area contributed by atoms with E-state index < -0.39 is 0 Å². The van der Waals surface area contributed by atoms with Gasteiger partial charge >= 0.3 is 5.97 Å². The van der Waals surface area contributed by atoms with Crippen molar-refractivity contribution in [3.05, 3.63) is 11.6 Å². The Morgan fingerprint density at radius 2 is 1.49 bits per heavy atom. The molecule has 0 aliphatic heterocycles. The van der Waals surface area contributed by atoms with Crippen LogP contribution in [0, 0.1) is 49.7 Å². The van der Waals surface area contributed by atoms with Crippen molar-refractivity contribution in [3.8, 4) is 0 Å². The van der Waals surface area contributed by atoms with E-state index >= 15 is 0 Å². The molecular formula is C33H54O2. The first-order chi connectivity index (χ1) is 16.0. The fraction of sp³-hybridized carbons (Fsp3) is 0.909. The third-order valence-corrected chi connectivity index (χ3v) is 14.2. The molecule has 8 atom stereocenters. The van der Waals surface area contributed by atoms with Gasteiger partial charge in [0.15, 0.2) is 0 Å². The van der Waals surface area contributed by atoms with Gasteiger partial charge in [-0.25, -0.2) is 0 Å². The van der Waals surface area contributed by atoms with Crippen molar-refractivity contribution in [3.63, 3.8) is 0 Å². The SMILES string of the molecule is CC(=O)O[C@H]1CC[C@@H]2C(=CC[C@H]3[C@@]2(C)CC[C@@]2(C)[C@@]4(C)CC(C)(C)CC[C@]4(C)CC[C@]32C)C1(C)C. The van der Waals surface area contributed by atoms with Crippen molar-refractivity contribution < 1.29 is 9.53 Å². The molecule has 0 saturated heterocycles. The van der Waals surface area contributed by atoms with Crippen LogP contribution in [0.4, 0.5) is 0 Å². The van der Waals surface area contributed by atoms with Gasteiger partial charge in [-0.1, -0.05) is 74.0 Å². The highest BCUT2D eigenvalue weighted by atomic mass is 16.5. The van der Waals surface area contributed by atoms with Crippen molar-refractivity contribution in [1.29, 1.82) is 0 Å². The van der Waals surface area contributed by atoms with Crippen LogP contribution in [0.1, 0.15) is 133 Å². The summed E-state index contributed by atoms with van der Waals surface area (Å²) in [5.41, 5.74) is 3.98. The molecule has 0 amide bonds. The lowest BCUT2D eigenvalue weighted by Crippen LogP contribution is -2.69. The average molecular weight is 483 g/mol. The topological polar surface area (TPSA) is 26.3 Å². The van der Waals surface area contributed by atoms with Crippen LogP contribution in [-0.4, -0.2) is 12.1 Å². The molecule has 0 radical (unpaired) electrons. The molecule has 0 spiro atoms. The molecule has 4 saturated carbocycles. The quantitative estimate of drug-likeness (QED) is 0.275. The maximum absolute atomic E-state index is 11.9. The highest BCUT2D eigenvalue weighted by Gasteiger charge is 2.73. The van der Waals surface area contributed by atoms with Crippen molar-refractivity contribution in [1.82, 2.24) is 0 Å². The molecule has 5 aliphatic rings. The fourth-order valence-corrected chi connectivity index (χ4v) is 11.6. The molecule has 0 aromatic carbocycles. The number of esters is 1. The van der Waals surface area contributed by atoms with Gasteiger partial charge in [-0.2, -0.15) is 0 Å². The van der Waals surface area contributed by atoms with Crippen LogP contribution in [0.15, 0.2) is 11.6 Å². The fourth-order valence-electron chi connectivity index (χ4n) is 11.6. The Balaban J connectivity index is 1.56. The van der Waals surface area contributed by atoms with E-state index in [0.29, 0.717) is 38.4 Å². The molecule has 0 unspecified atom stereocenters. The molecule has 0 bridgehead atoms. The van der Waals surface area contributed by atoms with Crippen LogP contribution in [0.5, 0.6) is 0 Å². The number of carbonyl (C=O) groups is 1. The predicted octanol–water partition coefficient (Wildman–Crippen LogP) is 9.13. The molecule has 0 aromatic rings. The maximum Gasteiger partial charge on any atom is 0.302 e. The standard InChI is InChI=1S/C33H54O2/c1-22(34)35-26-14-12-24-23(28(26,4)5)11-13-25-30(24,7)18-20-32(9)31(25,8)19-17-29(6)16-15-27(2,3)21-33(29,32)10/h11,24-26H,12-21H2,1-10H3/t24-,25+,26+,29-,30+,31-,32-,33+/m1/s1. The van der Waals surface area contributed by atoms with E-state index in [1.54, 1.807) is 12.5 Å². The number of allylic oxidation sites excluding steroid dienone is 1. The van der Waals surface area contributed by atoms with Gasteiger partial charge in [0.2, 0.25) is 0 Å². The van der Waals surface area contributed by atoms with E-state index in [1.165, 1.54) is 57.8 Å². The number of fused-ring (bicyclic) bond motifs is 7. The zero-order valence-corrected chi connectivity index (χ0v) is 24.7. The van der Waals surface area contributed by atoms with Gasteiger partial charge < -0.3 is 4.74 Å². The summed E-state index contributed by atoms with van der Waals surface area (Å²) in [5, 5.41) is 0.